The van der Waals surface area contributed by atoms with Crippen molar-refractivity contribution >= 4 is 29.5 Å². The molecule has 0 unspecified atom stereocenters. The highest BCUT2D eigenvalue weighted by Gasteiger charge is 2.18. The number of aliphatic hydroxyl groups is 1. The van der Waals surface area contributed by atoms with Gasteiger partial charge >= 0.3 is 0 Å². The van der Waals surface area contributed by atoms with Crippen LogP contribution in [0.3, 0.4) is 0 Å². The van der Waals surface area contributed by atoms with Crippen LogP contribution in [0.15, 0.2) is 22.5 Å². The lowest BCUT2D eigenvalue weighted by Crippen LogP contribution is -2.22. The zero-order chi connectivity index (χ0) is 9.14. The summed E-state index contributed by atoms with van der Waals surface area (Å²) in [6, 6.07) is 0. The largest absolute Gasteiger partial charge is 0.382 e. The summed E-state index contributed by atoms with van der Waals surface area (Å²) in [5.41, 5.74) is 0. The van der Waals surface area contributed by atoms with Gasteiger partial charge in [0.1, 0.15) is 6.10 Å². The van der Waals surface area contributed by atoms with Gasteiger partial charge in [-0.15, -0.1) is 0 Å². The van der Waals surface area contributed by atoms with Crippen molar-refractivity contribution in [3.05, 3.63) is 22.5 Å². The number of rotatable bonds is 2. The van der Waals surface area contributed by atoms with E-state index in [0.717, 1.165) is 0 Å². The highest BCUT2D eigenvalue weighted by molar-refractivity contribution is 6.35. The third-order valence-electron chi connectivity index (χ3n) is 1.35. The van der Waals surface area contributed by atoms with Crippen molar-refractivity contribution in [2.24, 2.45) is 0 Å². The van der Waals surface area contributed by atoms with Gasteiger partial charge in [0.2, 0.25) is 6.29 Å². The molecule has 1 heterocycles. The minimum Gasteiger partial charge on any atom is -0.382 e. The molecule has 0 bridgehead atoms. The van der Waals surface area contributed by atoms with Gasteiger partial charge in [-0.1, -0.05) is 23.2 Å². The van der Waals surface area contributed by atoms with Gasteiger partial charge in [0.15, 0.2) is 0 Å². The van der Waals surface area contributed by atoms with Gasteiger partial charge in [0.05, 0.1) is 16.6 Å². The molecule has 12 heavy (non-hydrogen) atoms. The van der Waals surface area contributed by atoms with Crippen LogP contribution in [0.5, 0.6) is 0 Å². The van der Waals surface area contributed by atoms with E-state index in [1.807, 2.05) is 0 Å². The first kappa shape index (κ1) is 9.58. The first-order valence-electron chi connectivity index (χ1n) is 3.18. The lowest BCUT2D eigenvalue weighted by molar-refractivity contribution is 0.253. The highest BCUT2D eigenvalue weighted by atomic mass is 35.5. The normalized spacial score (nSPS) is 18.8. The summed E-state index contributed by atoms with van der Waals surface area (Å²) in [5, 5.41) is 9.59. The molecule has 0 aromatic carbocycles. The predicted molar refractivity (Wildman–Crippen MR) is 46.3 cm³/mol. The van der Waals surface area contributed by atoms with E-state index in [9.17, 15) is 9.90 Å². The van der Waals surface area contributed by atoms with Gasteiger partial charge in [-0.2, -0.15) is 0 Å². The maximum Gasteiger partial charge on any atom is 0.219 e. The van der Waals surface area contributed by atoms with E-state index in [2.05, 4.69) is 0 Å². The average Bonchev–Trinajstić information content (AvgIpc) is 2.01. The Morgan fingerprint density at radius 3 is 2.42 bits per heavy atom. The summed E-state index contributed by atoms with van der Waals surface area (Å²) >= 11 is 11.2. The maximum absolute atomic E-state index is 9.99. The van der Waals surface area contributed by atoms with Crippen molar-refractivity contribution in [1.29, 1.82) is 0 Å². The fraction of sp³-hybridized carbons (Fsp3) is 0.286. The highest BCUT2D eigenvalue weighted by Crippen LogP contribution is 2.24. The van der Waals surface area contributed by atoms with Gasteiger partial charge in [-0.25, -0.2) is 0 Å². The van der Waals surface area contributed by atoms with Crippen LogP contribution in [0.25, 0.3) is 0 Å². The second kappa shape index (κ2) is 3.94. The van der Waals surface area contributed by atoms with Crippen molar-refractivity contribution in [3.8, 4) is 0 Å². The summed E-state index contributed by atoms with van der Waals surface area (Å²) in [6.45, 7) is 0.0547. The number of nitrogens with zero attached hydrogens (tertiary/aromatic N) is 1. The quantitative estimate of drug-likeness (QED) is 0.732. The van der Waals surface area contributed by atoms with Crippen molar-refractivity contribution in [2.45, 2.75) is 6.10 Å². The van der Waals surface area contributed by atoms with Crippen LogP contribution in [-0.4, -0.2) is 28.9 Å². The van der Waals surface area contributed by atoms with E-state index in [0.29, 0.717) is 0 Å². The van der Waals surface area contributed by atoms with E-state index >= 15 is 0 Å². The third-order valence-corrected chi connectivity index (χ3v) is 1.96. The molecule has 1 aliphatic rings. The van der Waals surface area contributed by atoms with Crippen molar-refractivity contribution in [1.82, 2.24) is 4.90 Å². The van der Waals surface area contributed by atoms with E-state index in [1.54, 1.807) is 6.29 Å². The Bertz CT molecular complexity index is 230. The van der Waals surface area contributed by atoms with Crippen LogP contribution in [-0.2, 0) is 4.79 Å². The molecule has 0 aliphatic carbocycles. The van der Waals surface area contributed by atoms with Crippen LogP contribution < -0.4 is 0 Å². The molecule has 0 fully saturated rings. The first-order valence-corrected chi connectivity index (χ1v) is 3.94. The van der Waals surface area contributed by atoms with Crippen molar-refractivity contribution < 1.29 is 9.90 Å². The standard InChI is InChI=1S/C7H6Cl2NO2/c8-5-3-10(1-2-11)4-6(9)7(5)12/h3-4,7,12H,1H2. The molecule has 0 saturated carbocycles. The smallest absolute Gasteiger partial charge is 0.219 e. The molecule has 1 rings (SSSR count). The summed E-state index contributed by atoms with van der Waals surface area (Å²) in [4.78, 5) is 11.4. The van der Waals surface area contributed by atoms with Crippen LogP contribution in [0.1, 0.15) is 0 Å². The number of halogens is 2. The van der Waals surface area contributed by atoms with E-state index in [1.165, 1.54) is 17.3 Å². The number of hydrogen-bond donors (Lipinski definition) is 1. The molecule has 1 N–H and O–H groups in total. The molecular weight excluding hydrogens is 201 g/mol. The Morgan fingerprint density at radius 1 is 1.50 bits per heavy atom. The molecule has 1 radical (unpaired) electrons. The molecule has 0 aromatic heterocycles. The molecule has 3 nitrogen and oxygen atoms in total. The van der Waals surface area contributed by atoms with Crippen LogP contribution in [0.2, 0.25) is 0 Å². The fourth-order valence-corrected chi connectivity index (χ4v) is 1.33. The molecule has 0 atom stereocenters. The Labute approximate surface area is 79.9 Å². The van der Waals surface area contributed by atoms with Crippen LogP contribution in [0.4, 0.5) is 0 Å². The minimum absolute atomic E-state index is 0.0547. The Morgan fingerprint density at radius 2 is 2.00 bits per heavy atom. The summed E-state index contributed by atoms with van der Waals surface area (Å²) in [5.74, 6) is 0. The van der Waals surface area contributed by atoms with Crippen LogP contribution >= 0.6 is 23.2 Å². The van der Waals surface area contributed by atoms with Gasteiger partial charge in [0, 0.05) is 12.4 Å². The second-order valence-electron chi connectivity index (χ2n) is 2.25. The van der Waals surface area contributed by atoms with E-state index < -0.39 is 6.10 Å². The number of aliphatic hydroxyl groups excluding tert-OH is 1. The molecule has 5 heteroatoms. The minimum atomic E-state index is -0.962. The van der Waals surface area contributed by atoms with Gasteiger partial charge in [-0.05, 0) is 0 Å². The number of carbonyl (C=O) groups excluding carboxylic acids is 1. The topological polar surface area (TPSA) is 40.5 Å². The molecule has 65 valence electrons. The van der Waals surface area contributed by atoms with Crippen molar-refractivity contribution in [3.63, 3.8) is 0 Å². The average molecular weight is 207 g/mol. The zero-order valence-electron chi connectivity index (χ0n) is 6.00. The monoisotopic (exact) mass is 206 g/mol. The van der Waals surface area contributed by atoms with Gasteiger partial charge < -0.3 is 10.0 Å². The summed E-state index contributed by atoms with van der Waals surface area (Å²) in [6.07, 6.45) is 3.59. The molecule has 0 amide bonds. The predicted octanol–water partition coefficient (Wildman–Crippen LogP) is 0.933. The lowest BCUT2D eigenvalue weighted by Gasteiger charge is -2.21. The zero-order valence-corrected chi connectivity index (χ0v) is 7.51. The van der Waals surface area contributed by atoms with Gasteiger partial charge in [-0.3, -0.25) is 4.79 Å². The molecule has 0 saturated heterocycles. The SMILES string of the molecule is O=[C]CN1C=C(Cl)C(O)C(Cl)=C1. The Kier molecular flexibility index (Phi) is 3.14. The Balaban J connectivity index is 2.76. The summed E-state index contributed by atoms with van der Waals surface area (Å²) < 4.78 is 0. The van der Waals surface area contributed by atoms with Gasteiger partial charge in [0.25, 0.3) is 0 Å². The second-order valence-corrected chi connectivity index (χ2v) is 3.12. The molecule has 0 spiro atoms. The van der Waals surface area contributed by atoms with Crippen LogP contribution in [0, 0.1) is 0 Å². The Hall–Kier alpha value is -0.510. The first-order chi connectivity index (χ1) is 5.65. The third kappa shape index (κ3) is 2.00. The van der Waals surface area contributed by atoms with E-state index in [-0.39, 0.29) is 16.6 Å². The summed E-state index contributed by atoms with van der Waals surface area (Å²) in [7, 11) is 0. The molecule has 1 aliphatic heterocycles. The molecular formula is C7H6Cl2NO2. The lowest BCUT2D eigenvalue weighted by atomic mass is 10.2. The maximum atomic E-state index is 9.99. The molecule has 0 aromatic rings. The number of hydrogen-bond acceptors (Lipinski definition) is 3. The van der Waals surface area contributed by atoms with Crippen molar-refractivity contribution in [2.75, 3.05) is 6.54 Å². The van der Waals surface area contributed by atoms with E-state index in [4.69, 9.17) is 23.2 Å². The fourth-order valence-electron chi connectivity index (χ4n) is 0.793.